The summed E-state index contributed by atoms with van der Waals surface area (Å²) in [6, 6.07) is 0. The lowest BCUT2D eigenvalue weighted by molar-refractivity contribution is 0.246. The van der Waals surface area contributed by atoms with E-state index in [1.807, 2.05) is 20.8 Å². The standard InChI is InChI=1S/C13H26ClNO2S/c1-11-5-7-13(9-14,8-6-11)15-18(16,17)10-12(2,3)4/h11,15H,5-10H2,1-4H3. The van der Waals surface area contributed by atoms with Crippen LogP contribution in [-0.2, 0) is 10.0 Å². The zero-order valence-corrected chi connectivity index (χ0v) is 13.5. The van der Waals surface area contributed by atoms with Crippen molar-refractivity contribution in [3.05, 3.63) is 0 Å². The number of rotatable bonds is 4. The van der Waals surface area contributed by atoms with E-state index in [9.17, 15) is 8.42 Å². The van der Waals surface area contributed by atoms with Gasteiger partial charge in [-0.2, -0.15) is 0 Å². The molecule has 1 aliphatic rings. The number of nitrogens with one attached hydrogen (secondary N) is 1. The Morgan fingerprint density at radius 3 is 2.17 bits per heavy atom. The molecule has 0 aromatic rings. The van der Waals surface area contributed by atoms with Crippen LogP contribution in [0.2, 0.25) is 0 Å². The van der Waals surface area contributed by atoms with Gasteiger partial charge in [0.25, 0.3) is 0 Å². The van der Waals surface area contributed by atoms with Crippen molar-refractivity contribution in [2.45, 2.75) is 58.9 Å². The van der Waals surface area contributed by atoms with E-state index >= 15 is 0 Å². The highest BCUT2D eigenvalue weighted by atomic mass is 35.5. The number of sulfonamides is 1. The summed E-state index contributed by atoms with van der Waals surface area (Å²) in [5.41, 5.74) is -0.653. The Morgan fingerprint density at radius 2 is 1.78 bits per heavy atom. The Balaban J connectivity index is 2.74. The van der Waals surface area contributed by atoms with Gasteiger partial charge in [-0.3, -0.25) is 0 Å². The second-order valence-corrected chi connectivity index (χ2v) is 9.01. The summed E-state index contributed by atoms with van der Waals surface area (Å²) in [5, 5.41) is 0. The molecule has 0 aliphatic heterocycles. The average Bonchev–Trinajstić information content (AvgIpc) is 2.18. The maximum atomic E-state index is 12.2. The Bertz CT molecular complexity index is 365. The zero-order chi connectivity index (χ0) is 14.0. The highest BCUT2D eigenvalue weighted by molar-refractivity contribution is 7.89. The SMILES string of the molecule is CC1CCC(CCl)(NS(=O)(=O)CC(C)(C)C)CC1. The molecular formula is C13H26ClNO2S. The Hall–Kier alpha value is 0.200. The van der Waals surface area contributed by atoms with Crippen molar-refractivity contribution in [1.82, 2.24) is 4.72 Å². The summed E-state index contributed by atoms with van der Waals surface area (Å²) < 4.78 is 27.3. The van der Waals surface area contributed by atoms with Gasteiger partial charge in [-0.25, -0.2) is 13.1 Å². The smallest absolute Gasteiger partial charge is 0.212 e. The first kappa shape index (κ1) is 16.3. The highest BCUT2D eigenvalue weighted by Gasteiger charge is 2.37. The molecule has 0 saturated heterocycles. The molecule has 0 radical (unpaired) electrons. The van der Waals surface area contributed by atoms with Crippen LogP contribution in [0, 0.1) is 11.3 Å². The van der Waals surface area contributed by atoms with Gasteiger partial charge in [0, 0.05) is 11.4 Å². The van der Waals surface area contributed by atoms with Crippen LogP contribution in [0.15, 0.2) is 0 Å². The van der Waals surface area contributed by atoms with E-state index in [0.29, 0.717) is 11.8 Å². The molecule has 1 N–H and O–H groups in total. The fourth-order valence-corrected chi connectivity index (χ4v) is 5.08. The molecule has 18 heavy (non-hydrogen) atoms. The third-order valence-corrected chi connectivity index (χ3v) is 5.98. The summed E-state index contributed by atoms with van der Waals surface area (Å²) in [5.74, 6) is 1.19. The lowest BCUT2D eigenvalue weighted by atomic mass is 9.79. The molecule has 108 valence electrons. The van der Waals surface area contributed by atoms with Gasteiger partial charge >= 0.3 is 0 Å². The van der Waals surface area contributed by atoms with E-state index in [2.05, 4.69) is 11.6 Å². The first-order chi connectivity index (χ1) is 8.08. The van der Waals surface area contributed by atoms with Crippen molar-refractivity contribution in [2.75, 3.05) is 11.6 Å². The van der Waals surface area contributed by atoms with Crippen molar-refractivity contribution >= 4 is 21.6 Å². The monoisotopic (exact) mass is 295 g/mol. The molecule has 5 heteroatoms. The molecule has 0 atom stereocenters. The van der Waals surface area contributed by atoms with E-state index in [0.717, 1.165) is 25.7 Å². The molecule has 0 heterocycles. The minimum absolute atomic E-state index is 0.147. The summed E-state index contributed by atoms with van der Waals surface area (Å²) in [7, 11) is -3.26. The van der Waals surface area contributed by atoms with Crippen LogP contribution < -0.4 is 4.72 Å². The van der Waals surface area contributed by atoms with Crippen molar-refractivity contribution < 1.29 is 8.42 Å². The van der Waals surface area contributed by atoms with Gasteiger partial charge in [0.2, 0.25) is 10.0 Å². The summed E-state index contributed by atoms with van der Waals surface area (Å²) in [6.45, 7) is 8.01. The quantitative estimate of drug-likeness (QED) is 0.810. The number of halogens is 1. The van der Waals surface area contributed by atoms with Crippen LogP contribution in [0.3, 0.4) is 0 Å². The third-order valence-electron chi connectivity index (χ3n) is 3.48. The predicted octanol–water partition coefficient (Wildman–Crippen LogP) is 3.14. The topological polar surface area (TPSA) is 46.2 Å². The van der Waals surface area contributed by atoms with Crippen molar-refractivity contribution in [3.8, 4) is 0 Å². The normalized spacial score (nSPS) is 30.4. The molecule has 1 fully saturated rings. The van der Waals surface area contributed by atoms with Gasteiger partial charge < -0.3 is 0 Å². The zero-order valence-electron chi connectivity index (χ0n) is 11.9. The maximum Gasteiger partial charge on any atom is 0.212 e. The average molecular weight is 296 g/mol. The molecule has 0 aromatic carbocycles. The second-order valence-electron chi connectivity index (χ2n) is 7.02. The highest BCUT2D eigenvalue weighted by Crippen LogP contribution is 2.33. The lowest BCUT2D eigenvalue weighted by Crippen LogP contribution is -2.53. The van der Waals surface area contributed by atoms with E-state index in [4.69, 9.17) is 11.6 Å². The summed E-state index contributed by atoms with van der Waals surface area (Å²) in [6.07, 6.45) is 3.79. The molecule has 0 bridgehead atoms. The van der Waals surface area contributed by atoms with E-state index in [-0.39, 0.29) is 11.2 Å². The van der Waals surface area contributed by atoms with Gasteiger partial charge in [-0.15, -0.1) is 11.6 Å². The molecule has 1 aliphatic carbocycles. The minimum atomic E-state index is -3.26. The largest absolute Gasteiger partial charge is 0.212 e. The van der Waals surface area contributed by atoms with E-state index < -0.39 is 15.6 Å². The van der Waals surface area contributed by atoms with Crippen LogP contribution in [0.4, 0.5) is 0 Å². The lowest BCUT2D eigenvalue weighted by Gasteiger charge is -2.39. The fourth-order valence-electron chi connectivity index (χ4n) is 2.51. The van der Waals surface area contributed by atoms with E-state index in [1.54, 1.807) is 0 Å². The predicted molar refractivity (Wildman–Crippen MR) is 77.5 cm³/mol. The fraction of sp³-hybridized carbons (Fsp3) is 1.00. The third kappa shape index (κ3) is 5.06. The first-order valence-corrected chi connectivity index (χ1v) is 8.84. The van der Waals surface area contributed by atoms with Gasteiger partial charge in [0.05, 0.1) is 5.75 Å². The first-order valence-electron chi connectivity index (χ1n) is 6.65. The molecule has 0 amide bonds. The minimum Gasteiger partial charge on any atom is -0.212 e. The van der Waals surface area contributed by atoms with Crippen LogP contribution in [0.1, 0.15) is 53.4 Å². The van der Waals surface area contributed by atoms with E-state index in [1.165, 1.54) is 0 Å². The second kappa shape index (κ2) is 5.68. The van der Waals surface area contributed by atoms with Crippen molar-refractivity contribution in [3.63, 3.8) is 0 Å². The molecule has 1 saturated carbocycles. The molecular weight excluding hydrogens is 270 g/mol. The number of alkyl halides is 1. The Kier molecular flexibility index (Phi) is 5.13. The van der Waals surface area contributed by atoms with Crippen molar-refractivity contribution in [2.24, 2.45) is 11.3 Å². The van der Waals surface area contributed by atoms with Gasteiger partial charge in [-0.05, 0) is 37.0 Å². The molecule has 0 unspecified atom stereocenters. The molecule has 0 spiro atoms. The molecule has 3 nitrogen and oxygen atoms in total. The number of hydrogen-bond acceptors (Lipinski definition) is 2. The van der Waals surface area contributed by atoms with Gasteiger partial charge in [0.15, 0.2) is 0 Å². The van der Waals surface area contributed by atoms with Gasteiger partial charge in [-0.1, -0.05) is 27.7 Å². The Labute approximate surface area is 117 Å². The van der Waals surface area contributed by atoms with Crippen LogP contribution in [-0.4, -0.2) is 25.6 Å². The van der Waals surface area contributed by atoms with Crippen LogP contribution in [0.5, 0.6) is 0 Å². The van der Waals surface area contributed by atoms with Gasteiger partial charge in [0.1, 0.15) is 0 Å². The van der Waals surface area contributed by atoms with Crippen LogP contribution >= 0.6 is 11.6 Å². The molecule has 0 aromatic heterocycles. The summed E-state index contributed by atoms with van der Waals surface area (Å²) in [4.78, 5) is 0. The Morgan fingerprint density at radius 1 is 1.28 bits per heavy atom. The maximum absolute atomic E-state index is 12.2. The molecule has 1 rings (SSSR count). The number of hydrogen-bond donors (Lipinski definition) is 1. The van der Waals surface area contributed by atoms with Crippen molar-refractivity contribution in [1.29, 1.82) is 0 Å². The van der Waals surface area contributed by atoms with Crippen LogP contribution in [0.25, 0.3) is 0 Å². The summed E-state index contributed by atoms with van der Waals surface area (Å²) >= 11 is 6.04.